The van der Waals surface area contributed by atoms with Crippen LogP contribution in [0, 0.1) is 21.2 Å². The van der Waals surface area contributed by atoms with Crippen LogP contribution in [0.4, 0.5) is 13.2 Å². The molecular weight excluding hydrogens is 657 g/mol. The van der Waals surface area contributed by atoms with Gasteiger partial charge in [-0.25, -0.2) is 0 Å². The van der Waals surface area contributed by atoms with Gasteiger partial charge in [-0.15, -0.1) is 13.2 Å². The molecule has 0 bridgehead atoms. The average Bonchev–Trinajstić information content (AvgIpc) is 3.54. The van der Waals surface area contributed by atoms with Gasteiger partial charge in [0.2, 0.25) is 0 Å². The van der Waals surface area contributed by atoms with E-state index in [1.807, 2.05) is 27.7 Å². The molecule has 0 spiro atoms. The quantitative estimate of drug-likeness (QED) is 0.0761. The summed E-state index contributed by atoms with van der Waals surface area (Å²) in [6.07, 6.45) is -3.20. The number of ether oxygens (including phenoxy) is 3. The number of aliphatic hydroxyl groups excluding tert-OH is 2. The molecule has 3 rings (SSSR count). The molecule has 0 radical (unpaired) electrons. The van der Waals surface area contributed by atoms with Crippen LogP contribution in [0.1, 0.15) is 92.7 Å². The molecule has 2 heterocycles. The molecule has 0 aliphatic carbocycles. The maximum absolute atomic E-state index is 13.2. The number of furan rings is 1. The van der Waals surface area contributed by atoms with E-state index in [0.717, 1.165) is 0 Å². The number of aromatic nitrogens is 1. The van der Waals surface area contributed by atoms with Crippen molar-refractivity contribution in [2.24, 2.45) is 28.5 Å². The predicted molar refractivity (Wildman–Crippen MR) is 185 cm³/mol. The van der Waals surface area contributed by atoms with Crippen molar-refractivity contribution in [2.45, 2.75) is 112 Å². The fourth-order valence-corrected chi connectivity index (χ4v) is 6.14. The van der Waals surface area contributed by atoms with Crippen molar-refractivity contribution in [1.29, 1.82) is 0 Å². The number of esters is 1. The van der Waals surface area contributed by atoms with Gasteiger partial charge in [-0.05, 0) is 80.9 Å². The van der Waals surface area contributed by atoms with Gasteiger partial charge in [0.1, 0.15) is 23.1 Å². The number of nitroso groups, excluding NO2 is 1. The minimum atomic E-state index is -4.90. The highest BCUT2D eigenvalue weighted by molar-refractivity contribution is 5.84. The second-order valence-electron chi connectivity index (χ2n) is 15.4. The summed E-state index contributed by atoms with van der Waals surface area (Å²) in [5.74, 6) is -0.0490. The van der Waals surface area contributed by atoms with E-state index in [4.69, 9.17) is 13.9 Å². The first-order valence-electron chi connectivity index (χ1n) is 17.1. The molecule has 0 aliphatic heterocycles. The first-order chi connectivity index (χ1) is 23.2. The molecule has 13 heteroatoms. The summed E-state index contributed by atoms with van der Waals surface area (Å²) >= 11 is 0. The maximum atomic E-state index is 13.2. The number of rotatable bonds is 18. The van der Waals surface area contributed by atoms with Crippen molar-refractivity contribution in [2.75, 3.05) is 19.8 Å². The fraction of sp³-hybridized carbons (Fsp3) is 0.649. The Balaban J connectivity index is 1.54. The number of nitrogens with zero attached hydrogens (tertiary/aromatic N) is 2. The zero-order valence-electron chi connectivity index (χ0n) is 30.5. The molecular formula is C37H53F3N2O8. The van der Waals surface area contributed by atoms with Gasteiger partial charge in [0, 0.05) is 36.9 Å². The number of alkyl halides is 3. The van der Waals surface area contributed by atoms with E-state index in [2.05, 4.69) is 30.7 Å². The fourth-order valence-electron chi connectivity index (χ4n) is 6.14. The Morgan fingerprint density at radius 2 is 1.66 bits per heavy atom. The van der Waals surface area contributed by atoms with E-state index in [0.29, 0.717) is 54.5 Å². The Labute approximate surface area is 292 Å². The largest absolute Gasteiger partial charge is 0.573 e. The molecule has 0 saturated carbocycles. The van der Waals surface area contributed by atoms with Crippen LogP contribution < -0.4 is 9.47 Å². The molecule has 0 aliphatic rings. The van der Waals surface area contributed by atoms with Crippen LogP contribution >= 0.6 is 0 Å². The van der Waals surface area contributed by atoms with E-state index in [-0.39, 0.29) is 60.9 Å². The van der Waals surface area contributed by atoms with E-state index < -0.39 is 29.7 Å². The van der Waals surface area contributed by atoms with E-state index >= 15 is 0 Å². The topological polar surface area (TPSA) is 133 Å². The smallest absolute Gasteiger partial charge is 0.493 e. The Hall–Kier alpha value is -3.58. The summed E-state index contributed by atoms with van der Waals surface area (Å²) < 4.78 is 62.8. The van der Waals surface area contributed by atoms with Gasteiger partial charge in [-0.2, -0.15) is 4.91 Å². The monoisotopic (exact) mass is 710 g/mol. The molecule has 10 nitrogen and oxygen atoms in total. The van der Waals surface area contributed by atoms with Crippen molar-refractivity contribution >= 4 is 16.9 Å². The number of hydrogen-bond acceptors (Lipinski definition) is 9. The van der Waals surface area contributed by atoms with Gasteiger partial charge in [-0.3, -0.25) is 4.79 Å². The second kappa shape index (κ2) is 16.6. The zero-order valence-corrected chi connectivity index (χ0v) is 30.5. The number of aryl methyl sites for hydroxylation is 1. The van der Waals surface area contributed by atoms with E-state index in [9.17, 15) is 33.1 Å². The third-order valence-corrected chi connectivity index (χ3v) is 9.20. The molecule has 3 atom stereocenters. The summed E-state index contributed by atoms with van der Waals surface area (Å²) in [5, 5.41) is 23.6. The second-order valence-corrected chi connectivity index (χ2v) is 15.4. The van der Waals surface area contributed by atoms with Crippen molar-refractivity contribution in [3.8, 4) is 23.0 Å². The molecule has 1 aromatic carbocycles. The normalized spacial score (nSPS) is 15.1. The number of halogens is 3. The highest BCUT2D eigenvalue weighted by Crippen LogP contribution is 2.47. The molecule has 0 saturated heterocycles. The summed E-state index contributed by atoms with van der Waals surface area (Å²) in [6, 6.07) is 7.10. The number of aliphatic hydroxyl groups is 2. The third kappa shape index (κ3) is 11.0. The molecule has 280 valence electrons. The Morgan fingerprint density at radius 3 is 2.26 bits per heavy atom. The van der Waals surface area contributed by atoms with Crippen molar-refractivity contribution in [3.05, 3.63) is 40.9 Å². The Kier molecular flexibility index (Phi) is 13.6. The molecule has 2 aromatic heterocycles. The lowest BCUT2D eigenvalue weighted by atomic mass is 9.61. The van der Waals surface area contributed by atoms with Crippen molar-refractivity contribution in [1.82, 2.24) is 4.57 Å². The van der Waals surface area contributed by atoms with Gasteiger partial charge in [0.25, 0.3) is 0 Å². The molecule has 2 N–H and O–H groups in total. The first-order valence-corrected chi connectivity index (χ1v) is 17.1. The minimum absolute atomic E-state index is 0.0734. The predicted octanol–water partition coefficient (Wildman–Crippen LogP) is 8.73. The molecule has 3 unspecified atom stereocenters. The summed E-state index contributed by atoms with van der Waals surface area (Å²) in [6.45, 7) is 14.5. The van der Waals surface area contributed by atoms with Gasteiger partial charge in [0.15, 0.2) is 11.5 Å². The number of hydrogen-bond donors (Lipinski definition) is 2. The van der Waals surface area contributed by atoms with Crippen LogP contribution in [0.15, 0.2) is 39.9 Å². The Bertz CT molecular complexity index is 1570. The number of fused-ring (bicyclic) bond motifs is 1. The number of benzene rings is 1. The Morgan fingerprint density at radius 1 is 0.980 bits per heavy atom. The first kappa shape index (κ1) is 40.8. The summed E-state index contributed by atoms with van der Waals surface area (Å²) in [7, 11) is 1.61. The minimum Gasteiger partial charge on any atom is -0.493 e. The maximum Gasteiger partial charge on any atom is 0.573 e. The molecule has 3 aromatic rings. The lowest BCUT2D eigenvalue weighted by Gasteiger charge is -2.43. The van der Waals surface area contributed by atoms with E-state index in [1.54, 1.807) is 35.9 Å². The average molecular weight is 711 g/mol. The van der Waals surface area contributed by atoms with Crippen LogP contribution in [0.25, 0.3) is 22.4 Å². The molecule has 0 fully saturated rings. The van der Waals surface area contributed by atoms with Gasteiger partial charge < -0.3 is 33.4 Å². The number of carbonyl (C=O) groups excluding carboxylic acids is 1. The lowest BCUT2D eigenvalue weighted by Crippen LogP contribution is -2.44. The van der Waals surface area contributed by atoms with Gasteiger partial charge >= 0.3 is 12.3 Å². The SMILES string of the molecule is Cn1c(CCCO)cc(OC(F)(F)F)c1-c1cc2ccc(OCCCC(N=O)C(O)CCCOC(=O)C(C)(CC(C)(C)C)C(C)(C)C)cc2o1. The summed E-state index contributed by atoms with van der Waals surface area (Å²) in [5.41, 5.74) is -0.0338. The third-order valence-electron chi connectivity index (χ3n) is 9.20. The van der Waals surface area contributed by atoms with Crippen LogP contribution in [-0.4, -0.2) is 59.1 Å². The van der Waals surface area contributed by atoms with Gasteiger partial charge in [0.05, 0.1) is 24.7 Å². The molecule has 50 heavy (non-hydrogen) atoms. The zero-order chi connectivity index (χ0) is 37.5. The van der Waals surface area contributed by atoms with Crippen LogP contribution in [0.5, 0.6) is 11.5 Å². The van der Waals surface area contributed by atoms with Crippen LogP contribution in [-0.2, 0) is 23.0 Å². The lowest BCUT2D eigenvalue weighted by molar-refractivity contribution is -0.274. The van der Waals surface area contributed by atoms with E-state index in [1.165, 1.54) is 6.07 Å². The van der Waals surface area contributed by atoms with Crippen LogP contribution in [0.3, 0.4) is 0 Å². The molecule has 0 amide bonds. The summed E-state index contributed by atoms with van der Waals surface area (Å²) in [4.78, 5) is 24.7. The standard InChI is InChI=1S/C37H53F3N2O8/c1-34(2,3)23-36(7,35(4,5)6)33(45)48-19-11-14-28(44)27(41-46)13-10-18-47-26-16-15-24-20-30(49-29(24)22-26)32-31(50-37(38,39)40)21-25(42(32)8)12-9-17-43/h15-16,20-22,27-28,43-44H,9-14,17-19,23H2,1-8H3. The van der Waals surface area contributed by atoms with Gasteiger partial charge in [-0.1, -0.05) is 46.7 Å². The highest BCUT2D eigenvalue weighted by Gasteiger charge is 2.47. The van der Waals surface area contributed by atoms with Crippen LogP contribution in [0.2, 0.25) is 0 Å². The van der Waals surface area contributed by atoms with Crippen molar-refractivity contribution in [3.63, 3.8) is 0 Å². The number of carbonyl (C=O) groups is 1. The highest BCUT2D eigenvalue weighted by atomic mass is 19.4. The van der Waals surface area contributed by atoms with Crippen molar-refractivity contribution < 1.29 is 46.8 Å².